The molecule has 2 aromatic heterocycles. The van der Waals surface area contributed by atoms with Gasteiger partial charge in [-0.05, 0) is 45.5 Å². The van der Waals surface area contributed by atoms with Gasteiger partial charge in [0, 0.05) is 30.6 Å². The molecule has 3 aromatic rings. The summed E-state index contributed by atoms with van der Waals surface area (Å²) in [6.45, 7) is 2.99. The van der Waals surface area contributed by atoms with Crippen LogP contribution in [-0.2, 0) is 4.79 Å². The van der Waals surface area contributed by atoms with E-state index in [-0.39, 0.29) is 17.4 Å². The molecule has 1 aliphatic heterocycles. The summed E-state index contributed by atoms with van der Waals surface area (Å²) in [4.78, 5) is 37.3. The molecule has 8 heteroatoms. The fourth-order valence-corrected chi connectivity index (χ4v) is 4.93. The first-order valence-corrected chi connectivity index (χ1v) is 11.6. The predicted molar refractivity (Wildman–Crippen MR) is 127 cm³/mol. The highest BCUT2D eigenvalue weighted by atomic mass is 32.1. The minimum atomic E-state index is -0.123. The molecule has 1 aliphatic rings. The number of nitrogens with one attached hydrogen (secondary N) is 2. The van der Waals surface area contributed by atoms with E-state index in [0.29, 0.717) is 23.7 Å². The van der Waals surface area contributed by atoms with Crippen LogP contribution >= 0.6 is 11.3 Å². The first-order valence-electron chi connectivity index (χ1n) is 10.8. The van der Waals surface area contributed by atoms with Gasteiger partial charge in [0.1, 0.15) is 4.70 Å². The molecular weight excluding hydrogens is 410 g/mol. The molecule has 1 saturated heterocycles. The quantitative estimate of drug-likeness (QED) is 0.553. The van der Waals surface area contributed by atoms with E-state index in [1.807, 2.05) is 54.7 Å². The molecule has 7 nitrogen and oxygen atoms in total. The van der Waals surface area contributed by atoms with Gasteiger partial charge >= 0.3 is 0 Å². The average Bonchev–Trinajstić information content (AvgIpc) is 3.22. The lowest BCUT2D eigenvalue weighted by Crippen LogP contribution is -2.44. The Morgan fingerprint density at radius 1 is 1.32 bits per heavy atom. The van der Waals surface area contributed by atoms with Crippen molar-refractivity contribution in [2.24, 2.45) is 5.92 Å². The van der Waals surface area contributed by atoms with Crippen molar-refractivity contribution in [1.82, 2.24) is 20.2 Å². The van der Waals surface area contributed by atoms with E-state index in [4.69, 9.17) is 4.98 Å². The van der Waals surface area contributed by atoms with E-state index in [9.17, 15) is 9.59 Å². The van der Waals surface area contributed by atoms with Crippen molar-refractivity contribution < 1.29 is 4.79 Å². The molecule has 1 atom stereocenters. The Kier molecular flexibility index (Phi) is 6.67. The van der Waals surface area contributed by atoms with Crippen LogP contribution in [0.4, 0.5) is 5.95 Å². The monoisotopic (exact) mass is 439 g/mol. The first-order chi connectivity index (χ1) is 15.0. The summed E-state index contributed by atoms with van der Waals surface area (Å²) in [5, 5.41) is 5.06. The van der Waals surface area contributed by atoms with Crippen molar-refractivity contribution in [3.63, 3.8) is 0 Å². The lowest BCUT2D eigenvalue weighted by atomic mass is 9.97. The highest BCUT2D eigenvalue weighted by Gasteiger charge is 2.27. The molecule has 0 unspecified atom stereocenters. The zero-order chi connectivity index (χ0) is 21.8. The summed E-state index contributed by atoms with van der Waals surface area (Å²) in [6, 6.07) is 10.0. The molecule has 164 valence electrons. The van der Waals surface area contributed by atoms with E-state index in [2.05, 4.69) is 15.2 Å². The maximum absolute atomic E-state index is 12.7. The van der Waals surface area contributed by atoms with Crippen LogP contribution in [0, 0.1) is 5.92 Å². The Bertz CT molecular complexity index is 1090. The Morgan fingerprint density at radius 3 is 2.90 bits per heavy atom. The van der Waals surface area contributed by atoms with Gasteiger partial charge in [-0.25, -0.2) is 4.98 Å². The SMILES string of the molecule is CN(C)CCCNC(=O)[C@@H]1CCCN(c2nc3c(-c4ccccc4)csc3c(=O)[nH]2)C1. The fourth-order valence-electron chi connectivity index (χ4n) is 4.02. The van der Waals surface area contributed by atoms with Crippen LogP contribution in [0.2, 0.25) is 0 Å². The molecular formula is C23H29N5O2S. The molecule has 1 aromatic carbocycles. The van der Waals surface area contributed by atoms with Crippen LogP contribution in [-0.4, -0.2) is 61.0 Å². The summed E-state index contributed by atoms with van der Waals surface area (Å²) in [6.07, 6.45) is 2.68. The Hall–Kier alpha value is -2.71. The molecule has 0 aliphatic carbocycles. The van der Waals surface area contributed by atoms with Crippen molar-refractivity contribution in [3.05, 3.63) is 46.1 Å². The zero-order valence-electron chi connectivity index (χ0n) is 18.1. The number of thiophene rings is 1. The molecule has 4 rings (SSSR count). The molecule has 0 radical (unpaired) electrons. The van der Waals surface area contributed by atoms with Crippen molar-refractivity contribution in [3.8, 4) is 11.1 Å². The van der Waals surface area contributed by atoms with Crippen LogP contribution in [0.25, 0.3) is 21.3 Å². The molecule has 0 bridgehead atoms. The van der Waals surface area contributed by atoms with Crippen molar-refractivity contribution >= 4 is 33.4 Å². The highest BCUT2D eigenvalue weighted by molar-refractivity contribution is 7.17. The zero-order valence-corrected chi connectivity index (χ0v) is 18.9. The van der Waals surface area contributed by atoms with Gasteiger partial charge in [-0.15, -0.1) is 11.3 Å². The summed E-state index contributed by atoms with van der Waals surface area (Å²) >= 11 is 1.42. The number of aromatic nitrogens is 2. The fraction of sp³-hybridized carbons (Fsp3) is 0.435. The molecule has 3 heterocycles. The highest BCUT2D eigenvalue weighted by Crippen LogP contribution is 2.32. The van der Waals surface area contributed by atoms with Crippen LogP contribution < -0.4 is 15.8 Å². The van der Waals surface area contributed by atoms with Gasteiger partial charge in [-0.1, -0.05) is 30.3 Å². The number of aromatic amines is 1. The van der Waals surface area contributed by atoms with E-state index >= 15 is 0 Å². The Labute approximate surface area is 186 Å². The van der Waals surface area contributed by atoms with Crippen molar-refractivity contribution in [1.29, 1.82) is 0 Å². The Balaban J connectivity index is 1.51. The number of H-pyrrole nitrogens is 1. The van der Waals surface area contributed by atoms with Crippen molar-refractivity contribution in [2.75, 3.05) is 45.2 Å². The molecule has 0 saturated carbocycles. The maximum atomic E-state index is 12.7. The normalized spacial score (nSPS) is 16.7. The molecule has 31 heavy (non-hydrogen) atoms. The Morgan fingerprint density at radius 2 is 2.13 bits per heavy atom. The number of hydrogen-bond acceptors (Lipinski definition) is 6. The van der Waals surface area contributed by atoms with Gasteiger partial charge in [-0.3, -0.25) is 14.6 Å². The lowest BCUT2D eigenvalue weighted by Gasteiger charge is -2.32. The summed E-state index contributed by atoms with van der Waals surface area (Å²) < 4.78 is 0.634. The van der Waals surface area contributed by atoms with Crippen LogP contribution in [0.1, 0.15) is 19.3 Å². The molecule has 2 N–H and O–H groups in total. The average molecular weight is 440 g/mol. The number of anilines is 1. The molecule has 0 spiro atoms. The third kappa shape index (κ3) is 4.97. The van der Waals surface area contributed by atoms with Gasteiger partial charge in [-0.2, -0.15) is 0 Å². The topological polar surface area (TPSA) is 81.3 Å². The molecule has 1 amide bonds. The van der Waals surface area contributed by atoms with E-state index in [1.54, 1.807) is 0 Å². The minimum absolute atomic E-state index is 0.0902. The van der Waals surface area contributed by atoms with Gasteiger partial charge in [0.2, 0.25) is 11.9 Å². The van der Waals surface area contributed by atoms with Crippen LogP contribution in [0.3, 0.4) is 0 Å². The van der Waals surface area contributed by atoms with Crippen LogP contribution in [0.15, 0.2) is 40.5 Å². The smallest absolute Gasteiger partial charge is 0.270 e. The number of rotatable bonds is 7. The number of piperidine rings is 1. The molecule has 1 fully saturated rings. The maximum Gasteiger partial charge on any atom is 0.270 e. The number of carbonyl (C=O) groups is 1. The number of hydrogen-bond donors (Lipinski definition) is 2. The second-order valence-corrected chi connectivity index (χ2v) is 9.20. The largest absolute Gasteiger partial charge is 0.356 e. The van der Waals surface area contributed by atoms with E-state index in [0.717, 1.165) is 49.0 Å². The standard InChI is InChI=1S/C23H29N5O2S/c1-27(2)12-7-11-24-21(29)17-10-6-13-28(14-17)23-25-19-18(16-8-4-3-5-9-16)15-31-20(19)22(30)26-23/h3-5,8-9,15,17H,6-7,10-14H2,1-2H3,(H,24,29)(H,25,26,30)/t17-/m1/s1. The third-order valence-electron chi connectivity index (χ3n) is 5.67. The number of amides is 1. The first kappa shape index (κ1) is 21.5. The van der Waals surface area contributed by atoms with E-state index in [1.165, 1.54) is 11.3 Å². The minimum Gasteiger partial charge on any atom is -0.356 e. The van der Waals surface area contributed by atoms with Gasteiger partial charge in [0.25, 0.3) is 5.56 Å². The second-order valence-electron chi connectivity index (χ2n) is 8.32. The summed E-state index contributed by atoms with van der Waals surface area (Å²) in [5.41, 5.74) is 2.62. The number of nitrogens with zero attached hydrogens (tertiary/aromatic N) is 3. The van der Waals surface area contributed by atoms with Gasteiger partial charge in [0.05, 0.1) is 11.4 Å². The summed E-state index contributed by atoms with van der Waals surface area (Å²) in [7, 11) is 4.06. The number of carbonyl (C=O) groups excluding carboxylic acids is 1. The second kappa shape index (κ2) is 9.62. The lowest BCUT2D eigenvalue weighted by molar-refractivity contribution is -0.125. The number of fused-ring (bicyclic) bond motifs is 1. The van der Waals surface area contributed by atoms with E-state index < -0.39 is 0 Å². The van der Waals surface area contributed by atoms with Gasteiger partial charge in [0.15, 0.2) is 0 Å². The van der Waals surface area contributed by atoms with Crippen LogP contribution in [0.5, 0.6) is 0 Å². The summed E-state index contributed by atoms with van der Waals surface area (Å²) in [5.74, 6) is 0.552. The third-order valence-corrected chi connectivity index (χ3v) is 6.64. The van der Waals surface area contributed by atoms with Crippen molar-refractivity contribution in [2.45, 2.75) is 19.3 Å². The number of benzene rings is 1. The predicted octanol–water partition coefficient (Wildman–Crippen LogP) is 2.94. The van der Waals surface area contributed by atoms with Gasteiger partial charge < -0.3 is 15.1 Å².